The molecule has 0 aromatic heterocycles. The van der Waals surface area contributed by atoms with Crippen molar-refractivity contribution < 1.29 is 9.90 Å². The summed E-state index contributed by atoms with van der Waals surface area (Å²) in [5.41, 5.74) is 2.79. The van der Waals surface area contributed by atoms with Gasteiger partial charge in [-0.3, -0.25) is 0 Å². The zero-order chi connectivity index (χ0) is 14.8. The SMILES string of the molecule is C=C(C(=O)[O-])c1ccc(C(C)(C)c2ccccc2)cc1. The van der Waals surface area contributed by atoms with Crippen LogP contribution in [0.15, 0.2) is 61.2 Å². The van der Waals surface area contributed by atoms with E-state index >= 15 is 0 Å². The molecular weight excluding hydrogens is 248 g/mol. The lowest BCUT2D eigenvalue weighted by Crippen LogP contribution is -2.23. The molecule has 2 rings (SSSR count). The lowest BCUT2D eigenvalue weighted by molar-refractivity contribution is -0.295. The summed E-state index contributed by atoms with van der Waals surface area (Å²) in [5.74, 6) is -1.24. The third-order valence-electron chi connectivity index (χ3n) is 3.70. The summed E-state index contributed by atoms with van der Waals surface area (Å²) < 4.78 is 0. The second-order valence-electron chi connectivity index (χ2n) is 5.33. The van der Waals surface area contributed by atoms with Crippen LogP contribution in [-0.4, -0.2) is 5.97 Å². The third-order valence-corrected chi connectivity index (χ3v) is 3.70. The molecule has 0 radical (unpaired) electrons. The Morgan fingerprint density at radius 3 is 1.95 bits per heavy atom. The van der Waals surface area contributed by atoms with Gasteiger partial charge in [-0.05, 0) is 22.3 Å². The van der Waals surface area contributed by atoms with Crippen molar-refractivity contribution in [2.24, 2.45) is 0 Å². The Hall–Kier alpha value is -2.35. The second-order valence-corrected chi connectivity index (χ2v) is 5.33. The van der Waals surface area contributed by atoms with Gasteiger partial charge >= 0.3 is 0 Å². The molecule has 0 amide bonds. The maximum Gasteiger partial charge on any atom is 0.0715 e. The van der Waals surface area contributed by atoms with Crippen LogP contribution in [0.5, 0.6) is 0 Å². The maximum absolute atomic E-state index is 10.8. The average molecular weight is 265 g/mol. The van der Waals surface area contributed by atoms with Gasteiger partial charge in [-0.2, -0.15) is 0 Å². The first-order chi connectivity index (χ1) is 9.43. The average Bonchev–Trinajstić information content (AvgIpc) is 2.47. The minimum atomic E-state index is -1.24. The van der Waals surface area contributed by atoms with Crippen LogP contribution in [0.25, 0.3) is 5.57 Å². The normalized spacial score (nSPS) is 11.1. The van der Waals surface area contributed by atoms with Crippen LogP contribution in [-0.2, 0) is 10.2 Å². The zero-order valence-electron chi connectivity index (χ0n) is 11.7. The Morgan fingerprint density at radius 1 is 0.950 bits per heavy atom. The van der Waals surface area contributed by atoms with Gasteiger partial charge in [0.2, 0.25) is 0 Å². The molecule has 2 heteroatoms. The van der Waals surface area contributed by atoms with E-state index in [-0.39, 0.29) is 11.0 Å². The van der Waals surface area contributed by atoms with E-state index in [4.69, 9.17) is 0 Å². The van der Waals surface area contributed by atoms with E-state index in [9.17, 15) is 9.90 Å². The quantitative estimate of drug-likeness (QED) is 0.797. The first kappa shape index (κ1) is 14.1. The Bertz CT molecular complexity index is 622. The molecule has 0 unspecified atom stereocenters. The lowest BCUT2D eigenvalue weighted by Gasteiger charge is -2.26. The van der Waals surface area contributed by atoms with Crippen LogP contribution in [0.2, 0.25) is 0 Å². The minimum absolute atomic E-state index is 0.00840. The van der Waals surface area contributed by atoms with Crippen molar-refractivity contribution in [1.82, 2.24) is 0 Å². The highest BCUT2D eigenvalue weighted by molar-refractivity contribution is 6.13. The number of aliphatic carboxylic acids is 1. The Kier molecular flexibility index (Phi) is 3.75. The Balaban J connectivity index is 2.35. The highest BCUT2D eigenvalue weighted by atomic mass is 16.4. The van der Waals surface area contributed by atoms with Crippen molar-refractivity contribution in [1.29, 1.82) is 0 Å². The van der Waals surface area contributed by atoms with E-state index in [0.717, 1.165) is 5.56 Å². The first-order valence-electron chi connectivity index (χ1n) is 6.49. The molecule has 0 atom stereocenters. The van der Waals surface area contributed by atoms with Gasteiger partial charge in [-0.25, -0.2) is 0 Å². The van der Waals surface area contributed by atoms with Crippen LogP contribution in [0.3, 0.4) is 0 Å². The molecule has 2 aromatic carbocycles. The van der Waals surface area contributed by atoms with E-state index < -0.39 is 5.97 Å². The molecule has 2 nitrogen and oxygen atoms in total. The monoisotopic (exact) mass is 265 g/mol. The largest absolute Gasteiger partial charge is 0.545 e. The number of hydrogen-bond donors (Lipinski definition) is 0. The number of carboxylic acid groups (broad SMARTS) is 1. The van der Waals surface area contributed by atoms with Crippen molar-refractivity contribution in [3.05, 3.63) is 77.9 Å². The molecule has 0 N–H and O–H groups in total. The Labute approximate surface area is 119 Å². The summed E-state index contributed by atoms with van der Waals surface area (Å²) in [4.78, 5) is 10.8. The molecule has 2 aromatic rings. The summed E-state index contributed by atoms with van der Waals surface area (Å²) in [5, 5.41) is 10.8. The lowest BCUT2D eigenvalue weighted by atomic mass is 9.78. The number of hydrogen-bond acceptors (Lipinski definition) is 2. The van der Waals surface area contributed by atoms with Crippen molar-refractivity contribution in [3.8, 4) is 0 Å². The fourth-order valence-corrected chi connectivity index (χ4v) is 2.23. The minimum Gasteiger partial charge on any atom is -0.545 e. The maximum atomic E-state index is 10.8. The molecule has 0 aliphatic carbocycles. The smallest absolute Gasteiger partial charge is 0.0715 e. The highest BCUT2D eigenvalue weighted by Gasteiger charge is 2.22. The molecule has 0 aliphatic rings. The molecular formula is C18H17O2-. The van der Waals surface area contributed by atoms with Gasteiger partial charge in [0, 0.05) is 5.41 Å². The molecule has 20 heavy (non-hydrogen) atoms. The number of rotatable bonds is 4. The van der Waals surface area contributed by atoms with Crippen molar-refractivity contribution in [2.45, 2.75) is 19.3 Å². The molecule has 0 aliphatic heterocycles. The fraction of sp³-hybridized carbons (Fsp3) is 0.167. The molecule has 0 fully saturated rings. The predicted octanol–water partition coefficient (Wildman–Crippen LogP) is 2.78. The molecule has 0 saturated heterocycles. The molecule has 0 saturated carbocycles. The van der Waals surface area contributed by atoms with E-state index in [1.54, 1.807) is 12.1 Å². The first-order valence-corrected chi connectivity index (χ1v) is 6.49. The summed E-state index contributed by atoms with van der Waals surface area (Å²) in [6.07, 6.45) is 0. The van der Waals surface area contributed by atoms with Crippen LogP contribution in [0, 0.1) is 0 Å². The number of carbonyl (C=O) groups excluding carboxylic acids is 1. The van der Waals surface area contributed by atoms with Gasteiger partial charge in [0.15, 0.2) is 0 Å². The summed E-state index contributed by atoms with van der Waals surface area (Å²) >= 11 is 0. The predicted molar refractivity (Wildman–Crippen MR) is 79.1 cm³/mol. The van der Waals surface area contributed by atoms with Crippen LogP contribution in [0.1, 0.15) is 30.5 Å². The fourth-order valence-electron chi connectivity index (χ4n) is 2.23. The van der Waals surface area contributed by atoms with Gasteiger partial charge < -0.3 is 9.90 Å². The van der Waals surface area contributed by atoms with E-state index in [2.05, 4.69) is 32.6 Å². The van der Waals surface area contributed by atoms with E-state index in [1.165, 1.54) is 5.56 Å². The van der Waals surface area contributed by atoms with Gasteiger partial charge in [-0.15, -0.1) is 0 Å². The molecule has 0 heterocycles. The van der Waals surface area contributed by atoms with Gasteiger partial charge in [0.1, 0.15) is 0 Å². The zero-order valence-corrected chi connectivity index (χ0v) is 11.7. The number of benzene rings is 2. The van der Waals surface area contributed by atoms with Gasteiger partial charge in [0.25, 0.3) is 0 Å². The molecule has 0 spiro atoms. The van der Waals surface area contributed by atoms with Gasteiger partial charge in [-0.1, -0.05) is 75.0 Å². The van der Waals surface area contributed by atoms with Crippen molar-refractivity contribution >= 4 is 11.5 Å². The summed E-state index contributed by atoms with van der Waals surface area (Å²) in [6, 6.07) is 17.6. The second kappa shape index (κ2) is 5.33. The Morgan fingerprint density at radius 2 is 1.45 bits per heavy atom. The van der Waals surface area contributed by atoms with Crippen LogP contribution in [0.4, 0.5) is 0 Å². The van der Waals surface area contributed by atoms with Gasteiger partial charge in [0.05, 0.1) is 5.97 Å². The van der Waals surface area contributed by atoms with E-state index in [1.807, 2.05) is 30.3 Å². The molecule has 0 bridgehead atoms. The third kappa shape index (κ3) is 2.64. The number of carboxylic acids is 1. The van der Waals surface area contributed by atoms with Crippen LogP contribution >= 0.6 is 0 Å². The summed E-state index contributed by atoms with van der Waals surface area (Å²) in [7, 11) is 0. The van der Waals surface area contributed by atoms with Crippen LogP contribution < -0.4 is 5.11 Å². The van der Waals surface area contributed by atoms with Crippen molar-refractivity contribution in [3.63, 3.8) is 0 Å². The van der Waals surface area contributed by atoms with E-state index in [0.29, 0.717) is 5.56 Å². The topological polar surface area (TPSA) is 40.1 Å². The standard InChI is InChI=1S/C18H18O2/c1-13(17(19)20)14-9-11-16(12-10-14)18(2,3)15-7-5-4-6-8-15/h4-12H,1H2,2-3H3,(H,19,20)/p-1. The number of carbonyl (C=O) groups is 1. The highest BCUT2D eigenvalue weighted by Crippen LogP contribution is 2.31. The molecule has 102 valence electrons. The summed E-state index contributed by atoms with van der Waals surface area (Å²) in [6.45, 7) is 7.80. The van der Waals surface area contributed by atoms with Crippen molar-refractivity contribution in [2.75, 3.05) is 0 Å².